The predicted molar refractivity (Wildman–Crippen MR) is 220 cm³/mol. The molecule has 3 fully saturated rings. The van der Waals surface area contributed by atoms with Crippen LogP contribution in [-0.4, -0.2) is 138 Å². The first kappa shape index (κ1) is 48.5. The Bertz CT molecular complexity index is 1940. The Balaban J connectivity index is 1.76. The number of rotatable bonds is 11. The van der Waals surface area contributed by atoms with Gasteiger partial charge in [-0.3, -0.25) is 9.59 Å². The normalized spacial score (nSPS) is 32.3. The molecule has 2 bridgehead atoms. The highest BCUT2D eigenvalue weighted by atomic mass is 16.6. The molecular formula is C45H64N2O15. The highest BCUT2D eigenvalue weighted by molar-refractivity contribution is 5.95. The molecule has 1 aromatic carbocycles. The fourth-order valence-electron chi connectivity index (χ4n) is 9.99. The topological polar surface area (TPSA) is 223 Å². The van der Waals surface area contributed by atoms with E-state index in [1.54, 1.807) is 66.7 Å². The minimum Gasteiger partial charge on any atom is -0.456 e. The van der Waals surface area contributed by atoms with E-state index in [2.05, 4.69) is 5.32 Å². The fraction of sp³-hybridized carbons (Fsp3) is 0.689. The van der Waals surface area contributed by atoms with E-state index in [0.717, 1.165) is 4.90 Å². The Labute approximate surface area is 363 Å². The SMILES string of the molecule is CO[C@H]1C[C@H]2OC[C@@]2(OC(C)=O)[C@H]2[C@H](OC(=O)c3ccccc3)[C@]3(O)C[C@H](OC(=O)[C@H](O)[C@H](CC(C)C)NC(=O)OC(C)(C)C)C(C)=C([C@@H](OC(=O)N(C)C)C(=O)[C@]12C)C3(C)C. The number of nitrogens with zero attached hydrogens (tertiary/aromatic N) is 1. The number of ketones is 1. The Hall–Kier alpha value is -4.58. The number of hydrogen-bond donors (Lipinski definition) is 3. The van der Waals surface area contributed by atoms with Gasteiger partial charge in [0.1, 0.15) is 29.5 Å². The van der Waals surface area contributed by atoms with Crippen molar-refractivity contribution in [2.75, 3.05) is 27.8 Å². The molecule has 2 amide bonds. The van der Waals surface area contributed by atoms with Crippen LogP contribution in [0.5, 0.6) is 0 Å². The first-order valence-corrected chi connectivity index (χ1v) is 21.0. The number of Topliss-reactive ketones (excluding diaryl/α,β-unsaturated/α-hetero) is 1. The molecule has 344 valence electrons. The van der Waals surface area contributed by atoms with Crippen molar-refractivity contribution in [2.24, 2.45) is 22.7 Å². The third-order valence-corrected chi connectivity index (χ3v) is 13.0. The van der Waals surface area contributed by atoms with Crippen molar-refractivity contribution in [1.82, 2.24) is 10.2 Å². The largest absolute Gasteiger partial charge is 0.456 e. The molecule has 4 aliphatic rings. The van der Waals surface area contributed by atoms with Crippen LogP contribution >= 0.6 is 0 Å². The van der Waals surface area contributed by atoms with Crippen LogP contribution in [-0.2, 0) is 47.5 Å². The second-order valence-corrected chi connectivity index (χ2v) is 19.4. The summed E-state index contributed by atoms with van der Waals surface area (Å²) >= 11 is 0. The van der Waals surface area contributed by atoms with Gasteiger partial charge < -0.3 is 53.6 Å². The Morgan fingerprint density at radius 1 is 1.02 bits per heavy atom. The molecule has 1 saturated heterocycles. The van der Waals surface area contributed by atoms with Gasteiger partial charge in [0.15, 0.2) is 23.6 Å². The number of aliphatic hydroxyl groups excluding tert-OH is 1. The molecule has 1 aromatic rings. The number of aliphatic hydroxyl groups is 2. The predicted octanol–water partition coefficient (Wildman–Crippen LogP) is 4.29. The third-order valence-electron chi connectivity index (χ3n) is 13.0. The molecule has 17 nitrogen and oxygen atoms in total. The summed E-state index contributed by atoms with van der Waals surface area (Å²) in [6, 6.07) is 6.79. The number of methoxy groups -OCH3 is 1. The van der Waals surface area contributed by atoms with Crippen molar-refractivity contribution in [1.29, 1.82) is 0 Å². The molecule has 0 spiro atoms. The number of nitrogens with one attached hydrogen (secondary N) is 1. The van der Waals surface area contributed by atoms with Gasteiger partial charge in [0, 0.05) is 46.4 Å². The molecule has 1 heterocycles. The van der Waals surface area contributed by atoms with Crippen LogP contribution < -0.4 is 5.32 Å². The van der Waals surface area contributed by atoms with Gasteiger partial charge >= 0.3 is 30.1 Å². The van der Waals surface area contributed by atoms with Gasteiger partial charge in [-0.25, -0.2) is 19.2 Å². The fourth-order valence-corrected chi connectivity index (χ4v) is 9.99. The Kier molecular flexibility index (Phi) is 13.7. The molecule has 3 aliphatic carbocycles. The lowest BCUT2D eigenvalue weighted by Gasteiger charge is -2.67. The zero-order chi connectivity index (χ0) is 46.5. The van der Waals surface area contributed by atoms with Crippen LogP contribution in [0, 0.1) is 22.7 Å². The molecule has 0 radical (unpaired) electrons. The van der Waals surface area contributed by atoms with E-state index >= 15 is 4.79 Å². The highest BCUT2D eigenvalue weighted by Crippen LogP contribution is 2.65. The van der Waals surface area contributed by atoms with Crippen LogP contribution in [0.3, 0.4) is 0 Å². The zero-order valence-electron chi connectivity index (χ0n) is 38.1. The summed E-state index contributed by atoms with van der Waals surface area (Å²) in [5.74, 6) is -5.09. The average molecular weight is 873 g/mol. The Morgan fingerprint density at radius 2 is 1.65 bits per heavy atom. The van der Waals surface area contributed by atoms with E-state index in [0.29, 0.717) is 0 Å². The molecule has 0 aromatic heterocycles. The maximum absolute atomic E-state index is 15.8. The van der Waals surface area contributed by atoms with Crippen molar-refractivity contribution in [2.45, 2.75) is 148 Å². The van der Waals surface area contributed by atoms with Crippen LogP contribution in [0.15, 0.2) is 41.5 Å². The third kappa shape index (κ3) is 8.69. The van der Waals surface area contributed by atoms with E-state index in [1.807, 2.05) is 13.8 Å². The lowest BCUT2D eigenvalue weighted by molar-refractivity contribution is -0.347. The van der Waals surface area contributed by atoms with Crippen molar-refractivity contribution >= 4 is 35.9 Å². The number of alkyl carbamates (subject to hydrolysis) is 1. The van der Waals surface area contributed by atoms with Gasteiger partial charge in [-0.15, -0.1) is 0 Å². The molecule has 3 N–H and O–H groups in total. The summed E-state index contributed by atoms with van der Waals surface area (Å²) < 4.78 is 42.3. The number of ether oxygens (including phenoxy) is 7. The number of hydrogen-bond acceptors (Lipinski definition) is 15. The summed E-state index contributed by atoms with van der Waals surface area (Å²) in [4.78, 5) is 85.1. The van der Waals surface area contributed by atoms with E-state index in [1.165, 1.54) is 40.3 Å². The van der Waals surface area contributed by atoms with Gasteiger partial charge in [0.05, 0.1) is 35.6 Å². The Morgan fingerprint density at radius 3 is 2.16 bits per heavy atom. The number of benzene rings is 1. The maximum atomic E-state index is 15.8. The maximum Gasteiger partial charge on any atom is 0.410 e. The van der Waals surface area contributed by atoms with E-state index in [4.69, 9.17) is 33.2 Å². The lowest BCUT2D eigenvalue weighted by atomic mass is 9.44. The van der Waals surface area contributed by atoms with E-state index in [9.17, 15) is 34.2 Å². The second-order valence-electron chi connectivity index (χ2n) is 19.4. The van der Waals surface area contributed by atoms with Crippen LogP contribution in [0.4, 0.5) is 9.59 Å². The number of amides is 2. The molecule has 0 unspecified atom stereocenters. The smallest absolute Gasteiger partial charge is 0.410 e. The second kappa shape index (κ2) is 17.5. The molecule has 62 heavy (non-hydrogen) atoms. The van der Waals surface area contributed by atoms with Crippen molar-refractivity contribution in [3.63, 3.8) is 0 Å². The minimum absolute atomic E-state index is 0.0308. The summed E-state index contributed by atoms with van der Waals surface area (Å²) in [5.41, 5.74) is -8.04. The molecule has 1 aliphatic heterocycles. The number of carbonyl (C=O) groups is 6. The van der Waals surface area contributed by atoms with E-state index in [-0.39, 0.29) is 42.1 Å². The van der Waals surface area contributed by atoms with Crippen LogP contribution in [0.2, 0.25) is 0 Å². The highest BCUT2D eigenvalue weighted by Gasteiger charge is 2.78. The van der Waals surface area contributed by atoms with Crippen molar-refractivity contribution in [3.05, 3.63) is 47.0 Å². The molecule has 17 heteroatoms. The molecular weight excluding hydrogens is 808 g/mol. The van der Waals surface area contributed by atoms with Gasteiger partial charge in [-0.05, 0) is 70.2 Å². The van der Waals surface area contributed by atoms with Crippen LogP contribution in [0.1, 0.15) is 98.9 Å². The summed E-state index contributed by atoms with van der Waals surface area (Å²) in [6.45, 7) is 15.9. The number of carbonyl (C=O) groups excluding carboxylic acids is 6. The monoisotopic (exact) mass is 872 g/mol. The zero-order valence-corrected chi connectivity index (χ0v) is 38.1. The first-order chi connectivity index (χ1) is 28.7. The summed E-state index contributed by atoms with van der Waals surface area (Å²) in [5, 5.41) is 27.9. The molecule has 2 saturated carbocycles. The van der Waals surface area contributed by atoms with Crippen LogP contribution in [0.25, 0.3) is 0 Å². The van der Waals surface area contributed by atoms with Gasteiger partial charge in [0.25, 0.3) is 0 Å². The lowest BCUT2D eigenvalue weighted by Crippen LogP contribution is -2.82. The van der Waals surface area contributed by atoms with Gasteiger partial charge in [-0.2, -0.15) is 0 Å². The average Bonchev–Trinajstić information content (AvgIpc) is 3.16. The number of fused-ring (bicyclic) bond motifs is 5. The van der Waals surface area contributed by atoms with Gasteiger partial charge in [0.2, 0.25) is 0 Å². The van der Waals surface area contributed by atoms with Crippen molar-refractivity contribution in [3.8, 4) is 0 Å². The summed E-state index contributed by atoms with van der Waals surface area (Å²) in [7, 11) is 4.24. The number of esters is 3. The van der Waals surface area contributed by atoms with Crippen molar-refractivity contribution < 1.29 is 72.1 Å². The quantitative estimate of drug-likeness (QED) is 0.160. The van der Waals surface area contributed by atoms with Gasteiger partial charge in [-0.1, -0.05) is 45.9 Å². The first-order valence-electron chi connectivity index (χ1n) is 21.0. The molecule has 11 atom stereocenters. The minimum atomic E-state index is -2.34. The standard InChI is InChI=1S/C45H64N2O15/c1-23(2)19-27(46-39(53)62-41(5,6)7)32(49)38(52)58-28-21-45(55)36(60-37(51)26-17-15-14-16-18-26)34-43(10,29(56-13)20-30-44(34,22-57-30)61-25(4)48)35(50)33(59-40(54)47(11)12)31(24(28)3)42(45,8)9/h14-18,23,27-30,32-34,36,49,55H,19-22H2,1-13H3,(H,46,53)/t27-,28-,29-,30+,32+,33+,34-,36-,43+,44-,45+/m0/s1. The summed E-state index contributed by atoms with van der Waals surface area (Å²) in [6.07, 6.45) is -11.0. The van der Waals surface area contributed by atoms with E-state index < -0.39 is 119 Å². The molecule has 5 rings (SSSR count).